The lowest BCUT2D eigenvalue weighted by Crippen LogP contribution is -2.14. The lowest BCUT2D eigenvalue weighted by atomic mass is 9.90. The molecule has 0 saturated heterocycles. The minimum Gasteiger partial charge on any atom is -0.309 e. The molecule has 13 aromatic rings. The average Bonchev–Trinajstić information content (AvgIpc) is 1.56. The number of aromatic nitrogens is 2. The lowest BCUT2D eigenvalue weighted by Gasteiger charge is -2.23. The van der Waals surface area contributed by atoms with Gasteiger partial charge in [0.2, 0.25) is 0 Å². The summed E-state index contributed by atoms with van der Waals surface area (Å²) in [5.41, 5.74) is -31.7. The Bertz CT molecular complexity index is 5650. The van der Waals surface area contributed by atoms with Crippen molar-refractivity contribution < 1.29 is 132 Å². The van der Waals surface area contributed by atoms with Crippen molar-refractivity contribution in [3.63, 3.8) is 0 Å². The Balaban J connectivity index is 1.18. The molecule has 2 aromatic heterocycles. The minimum absolute atomic E-state index is 0.249. The summed E-state index contributed by atoms with van der Waals surface area (Å²) < 4.78 is 444. The molecule has 13 rings (SSSR count). The van der Waals surface area contributed by atoms with Gasteiger partial charge in [0.05, 0.1) is 101 Å². The van der Waals surface area contributed by atoms with Crippen LogP contribution in [0.2, 0.25) is 0 Å². The van der Waals surface area contributed by atoms with Crippen LogP contribution in [0.1, 0.15) is 61.2 Å². The smallest absolute Gasteiger partial charge is 0.309 e. The third-order valence-corrected chi connectivity index (χ3v) is 18.2. The number of benzene rings is 11. The van der Waals surface area contributed by atoms with E-state index in [9.17, 15) is 57.9 Å². The van der Waals surface area contributed by atoms with Crippen LogP contribution in [-0.2, 0) is 61.8 Å². The summed E-state index contributed by atoms with van der Waals surface area (Å²) in [7, 11) is 0. The molecule has 0 aliphatic heterocycles. The van der Waals surface area contributed by atoms with Crippen LogP contribution in [0.15, 0.2) is 200 Å². The van der Waals surface area contributed by atoms with Gasteiger partial charge in [-0.2, -0.15) is 137 Å². The van der Waals surface area contributed by atoms with E-state index < -0.39 is 223 Å². The first kappa shape index (κ1) is 76.6. The van der Waals surface area contributed by atoms with Crippen molar-refractivity contribution in [1.82, 2.24) is 9.13 Å². The first-order chi connectivity index (χ1) is 50.8. The second-order valence-corrected chi connectivity index (χ2v) is 24.9. The number of alkyl halides is 30. The fraction of sp³-hybridized carbons (Fsp3) is 0.130. The zero-order valence-corrected chi connectivity index (χ0v) is 53.7. The second kappa shape index (κ2) is 25.8. The number of fused-ring (bicyclic) bond motifs is 6. The monoisotopic (exact) mass is 1570 g/mol. The molecule has 0 atom stereocenters. The fourth-order valence-electron chi connectivity index (χ4n) is 13.5. The largest absolute Gasteiger partial charge is 0.417 e. The van der Waals surface area contributed by atoms with E-state index in [4.69, 9.17) is 0 Å². The van der Waals surface area contributed by atoms with Crippen molar-refractivity contribution in [2.24, 2.45) is 0 Å². The second-order valence-electron chi connectivity index (χ2n) is 24.9. The Morgan fingerprint density at radius 3 is 0.764 bits per heavy atom. The van der Waals surface area contributed by atoms with Crippen molar-refractivity contribution >= 4 is 43.6 Å². The first-order valence-corrected chi connectivity index (χ1v) is 31.1. The summed E-state index contributed by atoms with van der Waals surface area (Å²) in [5.74, 6) is 0. The summed E-state index contributed by atoms with van der Waals surface area (Å²) in [6, 6.07) is 20.5. The molecule has 2 heterocycles. The van der Waals surface area contributed by atoms with Gasteiger partial charge in [-0.15, -0.1) is 0 Å². The van der Waals surface area contributed by atoms with Crippen LogP contribution >= 0.6 is 0 Å². The van der Waals surface area contributed by atoms with Crippen molar-refractivity contribution in [2.45, 2.75) is 61.8 Å². The molecule has 0 fully saturated rings. The topological polar surface area (TPSA) is 33.6 Å². The predicted molar refractivity (Wildman–Crippen MR) is 342 cm³/mol. The van der Waals surface area contributed by atoms with Crippen LogP contribution < -0.4 is 0 Å². The Kier molecular flexibility index (Phi) is 18.0. The van der Waals surface area contributed by atoms with E-state index in [1.807, 2.05) is 0 Å². The molecule has 0 amide bonds. The Morgan fingerprint density at radius 2 is 0.491 bits per heavy atom. The summed E-state index contributed by atoms with van der Waals surface area (Å²) in [5, 5.41) is 9.02. The molecule has 566 valence electrons. The molecule has 0 aliphatic rings. The maximum absolute atomic E-state index is 15.4. The highest BCUT2D eigenvalue weighted by atomic mass is 19.4. The zero-order valence-electron chi connectivity index (χ0n) is 53.7. The van der Waals surface area contributed by atoms with Gasteiger partial charge in [0, 0.05) is 38.2 Å². The summed E-state index contributed by atoms with van der Waals surface area (Å²) in [4.78, 5) is 0. The predicted octanol–water partition coefficient (Wildman–Crippen LogP) is 27.9. The number of hydrogen-bond donors (Lipinski definition) is 0. The van der Waals surface area contributed by atoms with Crippen molar-refractivity contribution in [3.05, 3.63) is 261 Å². The highest BCUT2D eigenvalue weighted by Gasteiger charge is 2.45. The number of nitrogens with zero attached hydrogens (tertiary/aromatic N) is 3. The van der Waals surface area contributed by atoms with Crippen molar-refractivity contribution in [1.29, 1.82) is 5.26 Å². The first-order valence-electron chi connectivity index (χ1n) is 31.1. The standard InChI is InChI=1S/C77H33F30N3/c78-68(79,80)41-10-15-45(57(30-41)74(96,97)98)36-5-19-62-51(25-36)52-26-37(46-16-11-42(69(81,82)83)31-58(46)75(99,100)101)6-20-63(52)109(62)61-23-9-40(67-55(72(90,91)92)2-1-3-56(67)73(93,94)95)29-50(61)49-14-4-35(34-108)24-66(49)110-64-21-7-38(47-17-12-43(70(84,85)86)32-59(47)76(102,103)104)27-53(64)54-28-39(8-22-65(54)110)48-18-13-44(71(87,88)89)33-60(48)77(105,106)107/h1-33H. The number of nitriles is 1. The molecular weight excluding hydrogens is 1540 g/mol. The third-order valence-electron chi connectivity index (χ3n) is 18.2. The summed E-state index contributed by atoms with van der Waals surface area (Å²) >= 11 is 0. The third kappa shape index (κ3) is 14.0. The maximum Gasteiger partial charge on any atom is 0.417 e. The summed E-state index contributed by atoms with van der Waals surface area (Å²) in [6.07, 6.45) is -55.3. The van der Waals surface area contributed by atoms with Crippen LogP contribution in [0.25, 0.3) is 122 Å². The quantitative estimate of drug-likeness (QED) is 0.140. The normalized spacial score (nSPS) is 13.4. The maximum atomic E-state index is 15.4. The van der Waals surface area contributed by atoms with Gasteiger partial charge in [-0.25, -0.2) is 0 Å². The van der Waals surface area contributed by atoms with Crippen LogP contribution in [0, 0.1) is 11.3 Å². The fourth-order valence-corrected chi connectivity index (χ4v) is 13.5. The number of hydrogen-bond acceptors (Lipinski definition) is 1. The van der Waals surface area contributed by atoms with E-state index in [0.717, 1.165) is 106 Å². The van der Waals surface area contributed by atoms with Crippen LogP contribution in [0.3, 0.4) is 0 Å². The molecule has 0 radical (unpaired) electrons. The van der Waals surface area contributed by atoms with Crippen LogP contribution in [0.4, 0.5) is 132 Å². The van der Waals surface area contributed by atoms with E-state index in [-0.39, 0.29) is 82.7 Å². The molecule has 3 nitrogen and oxygen atoms in total. The summed E-state index contributed by atoms with van der Waals surface area (Å²) in [6.45, 7) is 0. The molecular formula is C77H33F30N3. The van der Waals surface area contributed by atoms with Crippen LogP contribution in [-0.4, -0.2) is 9.13 Å². The number of rotatable bonds is 8. The Morgan fingerprint density at radius 1 is 0.218 bits per heavy atom. The Labute approximate surface area is 595 Å². The molecule has 110 heavy (non-hydrogen) atoms. The van der Waals surface area contributed by atoms with Gasteiger partial charge in [-0.05, 0) is 184 Å². The molecule has 33 heteroatoms. The minimum atomic E-state index is -5.67. The van der Waals surface area contributed by atoms with E-state index in [2.05, 4.69) is 0 Å². The van der Waals surface area contributed by atoms with Gasteiger partial charge in [-0.1, -0.05) is 66.7 Å². The molecule has 0 bridgehead atoms. The zero-order chi connectivity index (χ0) is 80.2. The van der Waals surface area contributed by atoms with E-state index in [1.54, 1.807) is 6.07 Å². The van der Waals surface area contributed by atoms with Gasteiger partial charge in [0.1, 0.15) is 0 Å². The molecule has 0 N–H and O–H groups in total. The van der Waals surface area contributed by atoms with Gasteiger partial charge in [-0.3, -0.25) is 0 Å². The van der Waals surface area contributed by atoms with Crippen molar-refractivity contribution in [2.75, 3.05) is 0 Å². The molecule has 0 unspecified atom stereocenters. The number of halogens is 30. The van der Waals surface area contributed by atoms with Crippen LogP contribution in [0.5, 0.6) is 0 Å². The van der Waals surface area contributed by atoms with E-state index in [0.29, 0.717) is 42.5 Å². The van der Waals surface area contributed by atoms with Gasteiger partial charge in [0.15, 0.2) is 0 Å². The SMILES string of the molecule is N#Cc1ccc(-c2cc(-c3c(C(F)(F)F)cccc3C(F)(F)F)ccc2-n2c3ccc(-c4ccc(C(F)(F)F)cc4C(F)(F)F)cc3c3cc(-c4ccc(C(F)(F)F)cc4C(F)(F)F)ccc32)c(-n2c3ccc(-c4ccc(C(F)(F)F)cc4C(F)(F)F)cc3c3cc(-c4ccc(C(F)(F)F)cc4C(F)(F)F)ccc32)c1. The molecule has 11 aromatic carbocycles. The highest BCUT2D eigenvalue weighted by Crippen LogP contribution is 2.53. The van der Waals surface area contributed by atoms with Gasteiger partial charge < -0.3 is 9.13 Å². The molecule has 0 aliphatic carbocycles. The van der Waals surface area contributed by atoms with Gasteiger partial charge >= 0.3 is 61.8 Å². The molecule has 0 saturated carbocycles. The van der Waals surface area contributed by atoms with Crippen molar-refractivity contribution in [3.8, 4) is 84.2 Å². The van der Waals surface area contributed by atoms with E-state index >= 15 is 79.0 Å². The average molecular weight is 1570 g/mol. The van der Waals surface area contributed by atoms with Gasteiger partial charge in [0.25, 0.3) is 0 Å². The Hall–Kier alpha value is -11.6. The highest BCUT2D eigenvalue weighted by molar-refractivity contribution is 6.14. The lowest BCUT2D eigenvalue weighted by molar-refractivity contribution is -0.144. The molecule has 0 spiro atoms. The van der Waals surface area contributed by atoms with E-state index in [1.165, 1.54) is 0 Å².